The van der Waals surface area contributed by atoms with E-state index in [-0.39, 0.29) is 5.78 Å². The number of imidazole rings is 1. The van der Waals surface area contributed by atoms with Crippen LogP contribution < -0.4 is 4.90 Å². The van der Waals surface area contributed by atoms with Gasteiger partial charge in [-0.25, -0.2) is 4.98 Å². The molecule has 106 valence electrons. The third kappa shape index (κ3) is 1.81. The molecule has 1 saturated heterocycles. The van der Waals surface area contributed by atoms with Crippen LogP contribution in [0.3, 0.4) is 0 Å². The number of ether oxygens (including phenoxy) is 1. The van der Waals surface area contributed by atoms with E-state index in [1.807, 2.05) is 24.3 Å². The Morgan fingerprint density at radius 3 is 2.67 bits per heavy atom. The number of rotatable bonds is 1. The van der Waals surface area contributed by atoms with Crippen molar-refractivity contribution in [3.63, 3.8) is 0 Å². The summed E-state index contributed by atoms with van der Waals surface area (Å²) in [5, 5.41) is 0. The van der Waals surface area contributed by atoms with Gasteiger partial charge in [0.1, 0.15) is 5.69 Å². The van der Waals surface area contributed by atoms with Crippen LogP contribution in [-0.4, -0.2) is 42.1 Å². The largest absolute Gasteiger partial charge is 0.378 e. The highest BCUT2D eigenvalue weighted by Crippen LogP contribution is 2.38. The molecule has 1 N–H and O–H groups in total. The minimum absolute atomic E-state index is 0.0434. The minimum atomic E-state index is -0.0434. The van der Waals surface area contributed by atoms with Gasteiger partial charge in [0.15, 0.2) is 5.78 Å². The summed E-state index contributed by atoms with van der Waals surface area (Å²) in [7, 11) is 0. The Morgan fingerprint density at radius 1 is 1.19 bits per heavy atom. The average molecular weight is 281 g/mol. The SMILES string of the molecule is C=C1C(=O)c2ccccc2-c2[nH]c(N3CCOCC3)nc21. The van der Waals surface area contributed by atoms with Crippen molar-refractivity contribution in [1.29, 1.82) is 0 Å². The number of benzene rings is 1. The second-order valence-electron chi connectivity index (χ2n) is 5.24. The molecule has 0 spiro atoms. The van der Waals surface area contributed by atoms with E-state index < -0.39 is 0 Å². The predicted octanol–water partition coefficient (Wildman–Crippen LogP) is 2.12. The van der Waals surface area contributed by atoms with E-state index in [0.29, 0.717) is 30.0 Å². The highest BCUT2D eigenvalue weighted by Gasteiger charge is 2.30. The lowest BCUT2D eigenvalue weighted by atomic mass is 9.88. The van der Waals surface area contributed by atoms with Crippen LogP contribution in [0.25, 0.3) is 16.8 Å². The van der Waals surface area contributed by atoms with Crippen LogP contribution >= 0.6 is 0 Å². The maximum atomic E-state index is 12.4. The Bertz CT molecular complexity index is 742. The molecule has 0 amide bonds. The molecular formula is C16H15N3O2. The van der Waals surface area contributed by atoms with E-state index in [4.69, 9.17) is 4.74 Å². The van der Waals surface area contributed by atoms with Crippen LogP contribution in [0.1, 0.15) is 16.1 Å². The smallest absolute Gasteiger partial charge is 0.204 e. The number of hydrogen-bond acceptors (Lipinski definition) is 4. The Morgan fingerprint density at radius 2 is 1.90 bits per heavy atom. The molecule has 2 aliphatic rings. The fourth-order valence-corrected chi connectivity index (χ4v) is 2.87. The number of allylic oxidation sites excluding steroid dienone is 1. The van der Waals surface area contributed by atoms with Gasteiger partial charge in [-0.15, -0.1) is 0 Å². The first-order valence-corrected chi connectivity index (χ1v) is 7.02. The summed E-state index contributed by atoms with van der Waals surface area (Å²) in [6.45, 7) is 6.91. The lowest BCUT2D eigenvalue weighted by Gasteiger charge is -2.26. The first-order chi connectivity index (χ1) is 10.3. The molecule has 0 unspecified atom stereocenters. The third-order valence-electron chi connectivity index (χ3n) is 4.00. The molecule has 2 aromatic rings. The summed E-state index contributed by atoms with van der Waals surface area (Å²) in [4.78, 5) is 22.5. The molecule has 1 fully saturated rings. The summed E-state index contributed by atoms with van der Waals surface area (Å²) in [6.07, 6.45) is 0. The Hall–Kier alpha value is -2.40. The van der Waals surface area contributed by atoms with Gasteiger partial charge < -0.3 is 14.6 Å². The molecule has 1 aromatic carbocycles. The van der Waals surface area contributed by atoms with Crippen LogP contribution in [0.2, 0.25) is 0 Å². The zero-order chi connectivity index (χ0) is 14.4. The highest BCUT2D eigenvalue weighted by atomic mass is 16.5. The number of morpholine rings is 1. The van der Waals surface area contributed by atoms with Crippen molar-refractivity contribution in [2.24, 2.45) is 0 Å². The average Bonchev–Trinajstić information content (AvgIpc) is 2.99. The van der Waals surface area contributed by atoms with Crippen LogP contribution in [0.4, 0.5) is 5.95 Å². The van der Waals surface area contributed by atoms with E-state index in [9.17, 15) is 4.79 Å². The molecule has 4 rings (SSSR count). The standard InChI is InChI=1S/C16H15N3O2/c1-10-13-14(11-4-2-3-5-12(11)15(10)20)18-16(17-13)19-6-8-21-9-7-19/h2-5H,1,6-9H2,(H,17,18). The fourth-order valence-electron chi connectivity index (χ4n) is 2.87. The molecule has 1 aliphatic carbocycles. The number of H-pyrrole nitrogens is 1. The zero-order valence-electron chi connectivity index (χ0n) is 11.6. The summed E-state index contributed by atoms with van der Waals surface area (Å²) in [6, 6.07) is 7.58. The quantitative estimate of drug-likeness (QED) is 0.813. The predicted molar refractivity (Wildman–Crippen MR) is 80.4 cm³/mol. The molecule has 1 aromatic heterocycles. The van der Waals surface area contributed by atoms with E-state index in [1.54, 1.807) is 0 Å². The number of nitrogens with one attached hydrogen (secondary N) is 1. The molecule has 0 radical (unpaired) electrons. The number of anilines is 1. The summed E-state index contributed by atoms with van der Waals surface area (Å²) >= 11 is 0. The first kappa shape index (κ1) is 12.3. The first-order valence-electron chi connectivity index (χ1n) is 7.02. The van der Waals surface area contributed by atoms with E-state index in [1.165, 1.54) is 0 Å². The van der Waals surface area contributed by atoms with Crippen molar-refractivity contribution in [1.82, 2.24) is 9.97 Å². The molecule has 0 atom stereocenters. The van der Waals surface area contributed by atoms with Gasteiger partial charge in [-0.3, -0.25) is 4.79 Å². The van der Waals surface area contributed by atoms with Gasteiger partial charge in [0.05, 0.1) is 18.9 Å². The molecule has 0 saturated carbocycles. The lowest BCUT2D eigenvalue weighted by molar-refractivity contribution is 0.105. The fraction of sp³-hybridized carbons (Fsp3) is 0.250. The molecule has 5 nitrogen and oxygen atoms in total. The maximum Gasteiger partial charge on any atom is 0.204 e. The van der Waals surface area contributed by atoms with E-state index in [2.05, 4.69) is 21.4 Å². The number of aromatic amines is 1. The molecule has 21 heavy (non-hydrogen) atoms. The van der Waals surface area contributed by atoms with Crippen molar-refractivity contribution < 1.29 is 9.53 Å². The van der Waals surface area contributed by atoms with Crippen molar-refractivity contribution in [2.45, 2.75) is 0 Å². The molecule has 2 heterocycles. The number of hydrogen-bond donors (Lipinski definition) is 1. The number of fused-ring (bicyclic) bond motifs is 3. The van der Waals surface area contributed by atoms with Crippen LogP contribution in [0.5, 0.6) is 0 Å². The second-order valence-corrected chi connectivity index (χ2v) is 5.24. The highest BCUT2D eigenvalue weighted by molar-refractivity contribution is 6.33. The zero-order valence-corrected chi connectivity index (χ0v) is 11.6. The van der Waals surface area contributed by atoms with Gasteiger partial charge in [-0.2, -0.15) is 0 Å². The topological polar surface area (TPSA) is 58.2 Å². The van der Waals surface area contributed by atoms with Crippen molar-refractivity contribution >= 4 is 17.3 Å². The minimum Gasteiger partial charge on any atom is -0.378 e. The molecule has 5 heteroatoms. The van der Waals surface area contributed by atoms with Gasteiger partial charge in [-0.1, -0.05) is 30.8 Å². The Balaban J connectivity index is 1.84. The summed E-state index contributed by atoms with van der Waals surface area (Å²) in [5.41, 5.74) is 3.60. The van der Waals surface area contributed by atoms with Crippen LogP contribution in [0.15, 0.2) is 30.8 Å². The molecule has 1 aliphatic heterocycles. The van der Waals surface area contributed by atoms with E-state index >= 15 is 0 Å². The molecular weight excluding hydrogens is 266 g/mol. The third-order valence-corrected chi connectivity index (χ3v) is 4.00. The molecule has 0 bridgehead atoms. The Labute approximate surface area is 122 Å². The number of Topliss-reactive ketones (excluding diaryl/α,β-unsaturated/α-hetero) is 1. The van der Waals surface area contributed by atoms with Gasteiger partial charge >= 0.3 is 0 Å². The van der Waals surface area contributed by atoms with Crippen molar-refractivity contribution in [3.8, 4) is 11.3 Å². The normalized spacial score (nSPS) is 17.6. The maximum absolute atomic E-state index is 12.4. The Kier molecular flexibility index (Phi) is 2.68. The number of carbonyl (C=O) groups is 1. The number of nitrogens with zero attached hydrogens (tertiary/aromatic N) is 2. The van der Waals surface area contributed by atoms with Crippen LogP contribution in [-0.2, 0) is 4.74 Å². The van der Waals surface area contributed by atoms with E-state index in [0.717, 1.165) is 30.3 Å². The number of carbonyl (C=O) groups excluding carboxylic acids is 1. The number of aromatic nitrogens is 2. The van der Waals surface area contributed by atoms with Crippen LogP contribution in [0, 0.1) is 0 Å². The van der Waals surface area contributed by atoms with Crippen molar-refractivity contribution in [2.75, 3.05) is 31.2 Å². The second kappa shape index (κ2) is 4.56. The van der Waals surface area contributed by atoms with Gasteiger partial charge in [0.25, 0.3) is 0 Å². The van der Waals surface area contributed by atoms with Crippen molar-refractivity contribution in [3.05, 3.63) is 42.1 Å². The summed E-state index contributed by atoms with van der Waals surface area (Å²) in [5.74, 6) is 0.743. The van der Waals surface area contributed by atoms with Gasteiger partial charge in [0, 0.05) is 29.8 Å². The number of ketones is 1. The lowest BCUT2D eigenvalue weighted by Crippen LogP contribution is -2.36. The monoisotopic (exact) mass is 281 g/mol. The van der Waals surface area contributed by atoms with Gasteiger partial charge in [-0.05, 0) is 0 Å². The van der Waals surface area contributed by atoms with Gasteiger partial charge in [0.2, 0.25) is 5.95 Å². The summed E-state index contributed by atoms with van der Waals surface area (Å²) < 4.78 is 5.36.